The van der Waals surface area contributed by atoms with E-state index in [1.165, 1.54) is 4.70 Å². The first-order valence-electron chi connectivity index (χ1n) is 8.06. The van der Waals surface area contributed by atoms with Crippen molar-refractivity contribution in [1.29, 1.82) is 0 Å². The van der Waals surface area contributed by atoms with Gasteiger partial charge in [-0.2, -0.15) is 0 Å². The number of thiazole rings is 1. The van der Waals surface area contributed by atoms with Crippen LogP contribution in [0.15, 0.2) is 46.9 Å². The van der Waals surface area contributed by atoms with Gasteiger partial charge in [0.1, 0.15) is 5.01 Å². The van der Waals surface area contributed by atoms with E-state index in [0.29, 0.717) is 6.54 Å². The number of benzene rings is 2. The monoisotopic (exact) mass is 417 g/mol. The van der Waals surface area contributed by atoms with E-state index < -0.39 is 0 Å². The Labute approximate surface area is 160 Å². The molecule has 1 amide bonds. The van der Waals surface area contributed by atoms with Crippen LogP contribution in [0.2, 0.25) is 0 Å². The van der Waals surface area contributed by atoms with E-state index in [-0.39, 0.29) is 11.9 Å². The molecule has 3 rings (SSSR count). The van der Waals surface area contributed by atoms with Crippen molar-refractivity contribution >= 4 is 49.1 Å². The molecule has 0 fully saturated rings. The van der Waals surface area contributed by atoms with Crippen LogP contribution in [0.1, 0.15) is 23.5 Å². The van der Waals surface area contributed by atoms with Gasteiger partial charge in [-0.1, -0.05) is 28.1 Å². The van der Waals surface area contributed by atoms with Gasteiger partial charge < -0.3 is 5.32 Å². The van der Waals surface area contributed by atoms with E-state index in [2.05, 4.69) is 39.2 Å². The Hall–Kier alpha value is -1.76. The number of nitrogens with zero attached hydrogens (tertiary/aromatic N) is 2. The number of hydrogen-bond acceptors (Lipinski definition) is 4. The van der Waals surface area contributed by atoms with Crippen LogP contribution in [0.4, 0.5) is 5.69 Å². The number of likely N-dealkylation sites (N-methyl/N-ethyl adjacent to an activating group) is 1. The van der Waals surface area contributed by atoms with E-state index in [1.807, 2.05) is 55.3 Å². The summed E-state index contributed by atoms with van der Waals surface area (Å²) in [6.45, 7) is 4.37. The molecule has 0 saturated heterocycles. The second-order valence-corrected chi connectivity index (χ2v) is 8.10. The fourth-order valence-electron chi connectivity index (χ4n) is 2.58. The number of carbonyl (C=O) groups is 1. The van der Waals surface area contributed by atoms with Crippen molar-refractivity contribution in [3.63, 3.8) is 0 Å². The van der Waals surface area contributed by atoms with Crippen molar-refractivity contribution in [2.45, 2.75) is 19.9 Å². The molecule has 0 spiro atoms. The highest BCUT2D eigenvalue weighted by atomic mass is 79.9. The summed E-state index contributed by atoms with van der Waals surface area (Å²) in [5.41, 5.74) is 2.89. The van der Waals surface area contributed by atoms with Crippen LogP contribution < -0.4 is 5.32 Å². The molecule has 2 aromatic carbocycles. The van der Waals surface area contributed by atoms with Crippen molar-refractivity contribution in [3.8, 4) is 0 Å². The molecule has 3 aromatic rings. The Bertz CT molecular complexity index is 876. The number of fused-ring (bicyclic) bond motifs is 1. The first-order chi connectivity index (χ1) is 11.9. The summed E-state index contributed by atoms with van der Waals surface area (Å²) >= 11 is 5.11. The lowest BCUT2D eigenvalue weighted by molar-refractivity contribution is -0.117. The van der Waals surface area contributed by atoms with Gasteiger partial charge in [-0.15, -0.1) is 11.3 Å². The SMILES string of the molecule is Cc1cc(Br)ccc1NC(=O)CN(C)[C@H](C)c1nc2ccccc2s1. The number of rotatable bonds is 5. The summed E-state index contributed by atoms with van der Waals surface area (Å²) in [6, 6.07) is 14.0. The van der Waals surface area contributed by atoms with E-state index in [9.17, 15) is 4.79 Å². The highest BCUT2D eigenvalue weighted by Crippen LogP contribution is 2.28. The third-order valence-corrected chi connectivity index (χ3v) is 5.88. The fraction of sp³-hybridized carbons (Fsp3) is 0.263. The predicted octanol–water partition coefficient (Wildman–Crippen LogP) is 5.00. The van der Waals surface area contributed by atoms with Crippen LogP contribution in [-0.4, -0.2) is 29.4 Å². The molecule has 0 saturated carbocycles. The van der Waals surface area contributed by atoms with Crippen molar-refractivity contribution in [1.82, 2.24) is 9.88 Å². The Kier molecular flexibility index (Phi) is 5.51. The third-order valence-electron chi connectivity index (χ3n) is 4.18. The zero-order chi connectivity index (χ0) is 18.0. The largest absolute Gasteiger partial charge is 0.325 e. The van der Waals surface area contributed by atoms with Gasteiger partial charge in [0, 0.05) is 10.2 Å². The Morgan fingerprint density at radius 2 is 2.08 bits per heavy atom. The number of para-hydroxylation sites is 1. The first kappa shape index (κ1) is 18.0. The second-order valence-electron chi connectivity index (χ2n) is 6.12. The maximum atomic E-state index is 12.4. The average molecular weight is 418 g/mol. The lowest BCUT2D eigenvalue weighted by Gasteiger charge is -2.22. The molecule has 1 heterocycles. The number of amides is 1. The number of halogens is 1. The van der Waals surface area contributed by atoms with E-state index in [0.717, 1.165) is 26.2 Å². The quantitative estimate of drug-likeness (QED) is 0.635. The first-order valence-corrected chi connectivity index (χ1v) is 9.66. The molecule has 1 aromatic heterocycles. The van der Waals surface area contributed by atoms with Crippen LogP contribution >= 0.6 is 27.3 Å². The molecule has 0 aliphatic heterocycles. The number of nitrogens with one attached hydrogen (secondary N) is 1. The van der Waals surface area contributed by atoms with Gasteiger partial charge in [0.05, 0.1) is 22.8 Å². The van der Waals surface area contributed by atoms with Gasteiger partial charge in [-0.3, -0.25) is 9.69 Å². The zero-order valence-electron chi connectivity index (χ0n) is 14.4. The van der Waals surface area contributed by atoms with Crippen molar-refractivity contribution in [2.75, 3.05) is 18.9 Å². The highest BCUT2D eigenvalue weighted by Gasteiger charge is 2.18. The minimum atomic E-state index is -0.0270. The second kappa shape index (κ2) is 7.64. The average Bonchev–Trinajstić information content (AvgIpc) is 3.00. The highest BCUT2D eigenvalue weighted by molar-refractivity contribution is 9.10. The van der Waals surface area contributed by atoms with E-state index in [1.54, 1.807) is 11.3 Å². The Balaban J connectivity index is 1.66. The van der Waals surface area contributed by atoms with Gasteiger partial charge in [0.25, 0.3) is 0 Å². The van der Waals surface area contributed by atoms with Crippen LogP contribution in [0.3, 0.4) is 0 Å². The summed E-state index contributed by atoms with van der Waals surface area (Å²) in [7, 11) is 1.95. The molecule has 0 bridgehead atoms. The number of hydrogen-bond donors (Lipinski definition) is 1. The molecule has 0 unspecified atom stereocenters. The maximum absolute atomic E-state index is 12.4. The molecule has 1 N–H and O–H groups in total. The van der Waals surface area contributed by atoms with Crippen LogP contribution in [0, 0.1) is 6.92 Å². The lowest BCUT2D eigenvalue weighted by atomic mass is 10.2. The van der Waals surface area contributed by atoms with Gasteiger partial charge in [0.15, 0.2) is 0 Å². The lowest BCUT2D eigenvalue weighted by Crippen LogP contribution is -2.32. The molecule has 0 aliphatic carbocycles. The van der Waals surface area contributed by atoms with Crippen molar-refractivity contribution in [3.05, 3.63) is 57.5 Å². The molecular formula is C19H20BrN3OS. The zero-order valence-corrected chi connectivity index (χ0v) is 16.8. The summed E-state index contributed by atoms with van der Waals surface area (Å²) < 4.78 is 2.18. The molecule has 0 radical (unpaired) electrons. The molecule has 6 heteroatoms. The van der Waals surface area contributed by atoms with Crippen LogP contribution in [0.5, 0.6) is 0 Å². The molecule has 0 aliphatic rings. The van der Waals surface area contributed by atoms with Gasteiger partial charge in [-0.05, 0) is 56.8 Å². The number of aromatic nitrogens is 1. The van der Waals surface area contributed by atoms with Gasteiger partial charge in [0.2, 0.25) is 5.91 Å². The number of aryl methyl sites for hydroxylation is 1. The Morgan fingerprint density at radius 1 is 1.32 bits per heavy atom. The standard InChI is InChI=1S/C19H20BrN3OS/c1-12-10-14(20)8-9-15(12)21-18(24)11-23(3)13(2)19-22-16-6-4-5-7-17(16)25-19/h4-10,13H,11H2,1-3H3,(H,21,24)/t13-/m1/s1. The predicted molar refractivity (Wildman–Crippen MR) is 108 cm³/mol. The Morgan fingerprint density at radius 3 is 2.80 bits per heavy atom. The minimum Gasteiger partial charge on any atom is -0.325 e. The summed E-state index contributed by atoms with van der Waals surface area (Å²) in [5.74, 6) is -0.0270. The summed E-state index contributed by atoms with van der Waals surface area (Å²) in [5, 5.41) is 4.01. The normalized spacial score (nSPS) is 12.5. The van der Waals surface area contributed by atoms with E-state index >= 15 is 0 Å². The fourth-order valence-corrected chi connectivity index (χ4v) is 4.14. The topological polar surface area (TPSA) is 45.2 Å². The molecule has 4 nitrogen and oxygen atoms in total. The van der Waals surface area contributed by atoms with Crippen molar-refractivity contribution < 1.29 is 4.79 Å². The number of carbonyl (C=O) groups excluding carboxylic acids is 1. The summed E-state index contributed by atoms with van der Waals surface area (Å²) in [4.78, 5) is 19.1. The minimum absolute atomic E-state index is 0.0270. The molecule has 25 heavy (non-hydrogen) atoms. The maximum Gasteiger partial charge on any atom is 0.238 e. The van der Waals surface area contributed by atoms with Gasteiger partial charge in [-0.25, -0.2) is 4.98 Å². The van der Waals surface area contributed by atoms with E-state index in [4.69, 9.17) is 0 Å². The van der Waals surface area contributed by atoms with Crippen molar-refractivity contribution in [2.24, 2.45) is 0 Å². The molecule has 1 atom stereocenters. The van der Waals surface area contributed by atoms with Gasteiger partial charge >= 0.3 is 0 Å². The molecule has 130 valence electrons. The van der Waals surface area contributed by atoms with Crippen LogP contribution in [0.25, 0.3) is 10.2 Å². The van der Waals surface area contributed by atoms with Crippen LogP contribution in [-0.2, 0) is 4.79 Å². The number of anilines is 1. The summed E-state index contributed by atoms with van der Waals surface area (Å²) in [6.07, 6.45) is 0. The third kappa shape index (κ3) is 4.26. The molecular weight excluding hydrogens is 398 g/mol. The smallest absolute Gasteiger partial charge is 0.238 e.